The topological polar surface area (TPSA) is 119 Å². The highest BCUT2D eigenvalue weighted by molar-refractivity contribution is 7.89. The van der Waals surface area contributed by atoms with Crippen molar-refractivity contribution in [2.75, 3.05) is 13.7 Å². The van der Waals surface area contributed by atoms with E-state index in [9.17, 15) is 13.2 Å². The molecule has 7 nitrogen and oxygen atoms in total. The zero-order chi connectivity index (χ0) is 16.0. The number of primary amides is 1. The summed E-state index contributed by atoms with van der Waals surface area (Å²) in [7, 11) is -2.68. The highest BCUT2D eigenvalue weighted by Crippen LogP contribution is 2.24. The lowest BCUT2D eigenvalue weighted by Crippen LogP contribution is -2.42. The van der Waals surface area contributed by atoms with Gasteiger partial charge < -0.3 is 15.6 Å². The second kappa shape index (κ2) is 7.08. The van der Waals surface area contributed by atoms with Crippen LogP contribution in [0.1, 0.15) is 12.5 Å². The monoisotopic (exact) mass is 312 g/mol. The molecule has 1 atom stereocenters. The van der Waals surface area contributed by atoms with Crippen molar-refractivity contribution in [2.45, 2.75) is 17.9 Å². The smallest absolute Gasteiger partial charge is 0.245 e. The predicted molar refractivity (Wildman–Crippen MR) is 75.9 cm³/mol. The Kier molecular flexibility index (Phi) is 5.72. The molecule has 0 aliphatic carbocycles. The minimum atomic E-state index is -4.00. The van der Waals surface area contributed by atoms with Crippen molar-refractivity contribution in [3.05, 3.63) is 23.8 Å². The number of aliphatic hydroxyl groups is 1. The third-order valence-electron chi connectivity index (χ3n) is 2.52. The number of nitrogens with one attached hydrogen (secondary N) is 1. The molecule has 0 aliphatic heterocycles. The van der Waals surface area contributed by atoms with Gasteiger partial charge in [0.25, 0.3) is 0 Å². The zero-order valence-corrected chi connectivity index (χ0v) is 12.4. The SMILES string of the molecule is COc1ccc(C#CCO)cc1S(=O)(=O)NC(C)C(N)=O. The fraction of sp³-hybridized carbons (Fsp3) is 0.308. The van der Waals surface area contributed by atoms with E-state index in [1.165, 1.54) is 26.2 Å². The zero-order valence-electron chi connectivity index (χ0n) is 11.6. The molecular formula is C13H16N2O5S. The second-order valence-electron chi connectivity index (χ2n) is 4.07. The summed E-state index contributed by atoms with van der Waals surface area (Å²) in [5.41, 5.74) is 5.43. The number of amides is 1. The molecule has 1 amide bonds. The third kappa shape index (κ3) is 4.46. The molecule has 1 unspecified atom stereocenters. The largest absolute Gasteiger partial charge is 0.495 e. The van der Waals surface area contributed by atoms with Gasteiger partial charge in [0.1, 0.15) is 17.3 Å². The average Bonchev–Trinajstić information content (AvgIpc) is 2.44. The quantitative estimate of drug-likeness (QED) is 0.615. The summed E-state index contributed by atoms with van der Waals surface area (Å²) >= 11 is 0. The van der Waals surface area contributed by atoms with Crippen LogP contribution >= 0.6 is 0 Å². The first-order valence-corrected chi connectivity index (χ1v) is 7.39. The number of sulfonamides is 1. The van der Waals surface area contributed by atoms with E-state index in [0.29, 0.717) is 5.56 Å². The Morgan fingerprint density at radius 2 is 2.19 bits per heavy atom. The number of hydrogen-bond donors (Lipinski definition) is 3. The first kappa shape index (κ1) is 17.0. The highest BCUT2D eigenvalue weighted by atomic mass is 32.2. The minimum absolute atomic E-state index is 0.105. The Hall–Kier alpha value is -2.08. The van der Waals surface area contributed by atoms with Gasteiger partial charge in [-0.05, 0) is 25.1 Å². The summed E-state index contributed by atoms with van der Waals surface area (Å²) in [4.78, 5) is 10.8. The fourth-order valence-electron chi connectivity index (χ4n) is 1.46. The molecule has 21 heavy (non-hydrogen) atoms. The molecule has 0 aromatic heterocycles. The van der Waals surface area contributed by atoms with Crippen molar-refractivity contribution in [2.24, 2.45) is 5.73 Å². The molecule has 0 aliphatic rings. The number of benzene rings is 1. The number of methoxy groups -OCH3 is 1. The van der Waals surface area contributed by atoms with Gasteiger partial charge in [0.05, 0.1) is 13.2 Å². The molecule has 1 aromatic carbocycles. The van der Waals surface area contributed by atoms with Crippen LogP contribution in [0.2, 0.25) is 0 Å². The summed E-state index contributed by atoms with van der Waals surface area (Å²) in [6, 6.07) is 3.22. The molecular weight excluding hydrogens is 296 g/mol. The summed E-state index contributed by atoms with van der Waals surface area (Å²) in [6.45, 7) is 0.993. The Bertz CT molecular complexity index is 688. The van der Waals surface area contributed by atoms with Crippen molar-refractivity contribution < 1.29 is 23.1 Å². The number of nitrogens with two attached hydrogens (primary N) is 1. The van der Waals surface area contributed by atoms with E-state index in [0.717, 1.165) is 0 Å². The van der Waals surface area contributed by atoms with E-state index >= 15 is 0 Å². The Labute approximate surface area is 123 Å². The third-order valence-corrected chi connectivity index (χ3v) is 4.09. The van der Waals surface area contributed by atoms with Crippen LogP contribution in [0.15, 0.2) is 23.1 Å². The van der Waals surface area contributed by atoms with Crippen LogP contribution in [0.5, 0.6) is 5.75 Å². The van der Waals surface area contributed by atoms with Crippen LogP contribution < -0.4 is 15.2 Å². The molecule has 0 heterocycles. The van der Waals surface area contributed by atoms with E-state index in [1.807, 2.05) is 0 Å². The molecule has 8 heteroatoms. The minimum Gasteiger partial charge on any atom is -0.495 e. The van der Waals surface area contributed by atoms with E-state index in [1.54, 1.807) is 6.07 Å². The molecule has 0 radical (unpaired) electrons. The van der Waals surface area contributed by atoms with Crippen molar-refractivity contribution >= 4 is 15.9 Å². The Morgan fingerprint density at radius 1 is 1.52 bits per heavy atom. The Morgan fingerprint density at radius 3 is 2.71 bits per heavy atom. The maximum atomic E-state index is 12.3. The Balaban J connectivity index is 3.28. The molecule has 4 N–H and O–H groups in total. The maximum absolute atomic E-state index is 12.3. The van der Waals surface area contributed by atoms with Gasteiger partial charge in [0.2, 0.25) is 15.9 Å². The van der Waals surface area contributed by atoms with E-state index in [2.05, 4.69) is 16.6 Å². The lowest BCUT2D eigenvalue weighted by molar-refractivity contribution is -0.119. The predicted octanol–water partition coefficient (Wildman–Crippen LogP) is -0.809. The van der Waals surface area contributed by atoms with Crippen LogP contribution in [-0.4, -0.2) is 39.2 Å². The van der Waals surface area contributed by atoms with E-state index < -0.39 is 22.0 Å². The molecule has 0 fully saturated rings. The van der Waals surface area contributed by atoms with Crippen molar-refractivity contribution in [1.29, 1.82) is 0 Å². The van der Waals surface area contributed by atoms with Crippen molar-refractivity contribution in [3.63, 3.8) is 0 Å². The van der Waals surface area contributed by atoms with Crippen LogP contribution in [0.3, 0.4) is 0 Å². The van der Waals surface area contributed by atoms with Crippen LogP contribution in [0, 0.1) is 11.8 Å². The van der Waals surface area contributed by atoms with Crippen molar-refractivity contribution in [1.82, 2.24) is 4.72 Å². The average molecular weight is 312 g/mol. The van der Waals surface area contributed by atoms with Gasteiger partial charge in [-0.2, -0.15) is 4.72 Å². The first-order valence-electron chi connectivity index (χ1n) is 5.91. The summed E-state index contributed by atoms with van der Waals surface area (Å²) < 4.78 is 31.7. The molecule has 0 bridgehead atoms. The van der Waals surface area contributed by atoms with E-state index in [4.69, 9.17) is 15.6 Å². The number of hydrogen-bond acceptors (Lipinski definition) is 5. The number of ether oxygens (including phenoxy) is 1. The lowest BCUT2D eigenvalue weighted by atomic mass is 10.2. The van der Waals surface area contributed by atoms with Gasteiger partial charge >= 0.3 is 0 Å². The van der Waals surface area contributed by atoms with Crippen LogP contribution in [-0.2, 0) is 14.8 Å². The summed E-state index contributed by atoms with van der Waals surface area (Å²) in [6.07, 6.45) is 0. The van der Waals surface area contributed by atoms with Crippen molar-refractivity contribution in [3.8, 4) is 17.6 Å². The lowest BCUT2D eigenvalue weighted by Gasteiger charge is -2.13. The number of carbonyl (C=O) groups excluding carboxylic acids is 1. The van der Waals surface area contributed by atoms with Gasteiger partial charge in [-0.1, -0.05) is 11.8 Å². The standard InChI is InChI=1S/C13H16N2O5S/c1-9(13(14)17)15-21(18,19)12-8-10(4-3-7-16)5-6-11(12)20-2/h5-6,8-9,15-16H,7H2,1-2H3,(H2,14,17). The molecule has 0 spiro atoms. The van der Waals surface area contributed by atoms with Gasteiger partial charge in [0, 0.05) is 5.56 Å². The van der Waals surface area contributed by atoms with E-state index in [-0.39, 0.29) is 17.3 Å². The molecule has 1 aromatic rings. The van der Waals surface area contributed by atoms with Crippen LogP contribution in [0.25, 0.3) is 0 Å². The molecule has 0 saturated carbocycles. The number of rotatable bonds is 5. The number of carbonyl (C=O) groups is 1. The normalized spacial score (nSPS) is 12.1. The first-order chi connectivity index (χ1) is 9.81. The second-order valence-corrected chi connectivity index (χ2v) is 5.75. The van der Waals surface area contributed by atoms with Gasteiger partial charge in [-0.3, -0.25) is 4.79 Å². The summed E-state index contributed by atoms with van der Waals surface area (Å²) in [5, 5.41) is 8.66. The van der Waals surface area contributed by atoms with Gasteiger partial charge in [-0.15, -0.1) is 0 Å². The highest BCUT2D eigenvalue weighted by Gasteiger charge is 2.24. The maximum Gasteiger partial charge on any atom is 0.245 e. The van der Waals surface area contributed by atoms with Crippen LogP contribution in [0.4, 0.5) is 0 Å². The molecule has 0 saturated heterocycles. The number of aliphatic hydroxyl groups excluding tert-OH is 1. The summed E-state index contributed by atoms with van der Waals surface area (Å²) in [5.74, 6) is 4.32. The van der Waals surface area contributed by atoms with Gasteiger partial charge in [-0.25, -0.2) is 8.42 Å². The fourth-order valence-corrected chi connectivity index (χ4v) is 2.87. The van der Waals surface area contributed by atoms with Gasteiger partial charge in [0.15, 0.2) is 0 Å². The molecule has 114 valence electrons. The molecule has 1 rings (SSSR count).